The number of aromatic carboxylic acids is 1. The molecule has 0 unspecified atom stereocenters. The second kappa shape index (κ2) is 5.41. The zero-order valence-electron chi connectivity index (χ0n) is 9.82. The maximum absolute atomic E-state index is 13.6. The lowest BCUT2D eigenvalue weighted by molar-refractivity contribution is 0.0697. The van der Waals surface area contributed by atoms with E-state index in [0.717, 1.165) is 6.07 Å². The van der Waals surface area contributed by atoms with Crippen molar-refractivity contribution in [3.63, 3.8) is 0 Å². The molecule has 0 spiro atoms. The van der Waals surface area contributed by atoms with Crippen LogP contribution in [0, 0.1) is 11.6 Å². The number of halogens is 3. The third-order valence-corrected chi connectivity index (χ3v) is 3.01. The third-order valence-electron chi connectivity index (χ3n) is 2.40. The number of nitrogens with zero attached hydrogens (tertiary/aromatic N) is 1. The summed E-state index contributed by atoms with van der Waals surface area (Å²) in [6, 6.07) is 3.01. The number of pyridine rings is 1. The number of anilines is 3. The second-order valence-corrected chi connectivity index (χ2v) is 4.70. The molecule has 0 aliphatic rings. The van der Waals surface area contributed by atoms with Crippen LogP contribution in [0.2, 0.25) is 0 Å². The fourth-order valence-corrected chi connectivity index (χ4v) is 1.83. The highest BCUT2D eigenvalue weighted by atomic mass is 79.9. The van der Waals surface area contributed by atoms with Crippen molar-refractivity contribution in [3.05, 3.63) is 46.1 Å². The largest absolute Gasteiger partial charge is 0.478 e. The normalized spacial score (nSPS) is 10.3. The third kappa shape index (κ3) is 2.85. The number of carboxylic acids is 1. The van der Waals surface area contributed by atoms with E-state index in [1.165, 1.54) is 12.3 Å². The Labute approximate surface area is 120 Å². The van der Waals surface area contributed by atoms with Crippen molar-refractivity contribution in [2.75, 3.05) is 11.1 Å². The van der Waals surface area contributed by atoms with Crippen molar-refractivity contribution in [2.24, 2.45) is 0 Å². The van der Waals surface area contributed by atoms with E-state index < -0.39 is 17.6 Å². The fraction of sp³-hybridized carbons (Fsp3) is 0. The molecule has 5 nitrogen and oxygen atoms in total. The summed E-state index contributed by atoms with van der Waals surface area (Å²) in [5.74, 6) is -3.00. The highest BCUT2D eigenvalue weighted by Gasteiger charge is 2.15. The molecular formula is C12H8BrF2N3O2. The quantitative estimate of drug-likeness (QED) is 0.745. The highest BCUT2D eigenvalue weighted by Crippen LogP contribution is 2.27. The van der Waals surface area contributed by atoms with Gasteiger partial charge in [-0.2, -0.15) is 0 Å². The van der Waals surface area contributed by atoms with Gasteiger partial charge in [-0.05, 0) is 28.1 Å². The number of nitrogens with one attached hydrogen (secondary N) is 1. The standard InChI is InChI=1S/C12H8BrF2N3O2/c13-7-2-10(9(15)3-8(7)14)18-11-6(12(19)20)1-5(16)4-17-11/h1-4H,16H2,(H,17,18)(H,19,20). The molecule has 0 saturated heterocycles. The first kappa shape index (κ1) is 14.2. The summed E-state index contributed by atoms with van der Waals surface area (Å²) in [6.45, 7) is 0. The summed E-state index contributed by atoms with van der Waals surface area (Å²) in [5.41, 5.74) is 5.28. The van der Waals surface area contributed by atoms with Crippen LogP contribution in [0.15, 0.2) is 28.9 Å². The molecule has 1 aromatic carbocycles. The van der Waals surface area contributed by atoms with Crippen LogP contribution in [-0.4, -0.2) is 16.1 Å². The van der Waals surface area contributed by atoms with E-state index >= 15 is 0 Å². The SMILES string of the molecule is Nc1cnc(Nc2cc(Br)c(F)cc2F)c(C(=O)O)c1. The van der Waals surface area contributed by atoms with Crippen LogP contribution >= 0.6 is 15.9 Å². The van der Waals surface area contributed by atoms with Gasteiger partial charge in [-0.3, -0.25) is 0 Å². The van der Waals surface area contributed by atoms with Crippen LogP contribution in [0.25, 0.3) is 0 Å². The van der Waals surface area contributed by atoms with E-state index in [1.54, 1.807) is 0 Å². The van der Waals surface area contributed by atoms with E-state index in [9.17, 15) is 13.6 Å². The predicted octanol–water partition coefficient (Wildman–Crippen LogP) is 3.15. The molecule has 0 radical (unpaired) electrons. The molecule has 0 bridgehead atoms. The first-order valence-electron chi connectivity index (χ1n) is 5.29. The Morgan fingerprint density at radius 1 is 1.30 bits per heavy atom. The summed E-state index contributed by atoms with van der Waals surface area (Å²) in [7, 11) is 0. The number of hydrogen-bond acceptors (Lipinski definition) is 4. The van der Waals surface area contributed by atoms with Gasteiger partial charge < -0.3 is 16.2 Å². The predicted molar refractivity (Wildman–Crippen MR) is 72.9 cm³/mol. The zero-order valence-corrected chi connectivity index (χ0v) is 11.4. The smallest absolute Gasteiger partial charge is 0.339 e. The minimum atomic E-state index is -1.27. The first-order chi connectivity index (χ1) is 9.38. The van der Waals surface area contributed by atoms with Gasteiger partial charge in [-0.25, -0.2) is 18.6 Å². The molecule has 1 aromatic heterocycles. The molecule has 0 atom stereocenters. The Bertz CT molecular complexity index is 695. The lowest BCUT2D eigenvalue weighted by atomic mass is 10.2. The van der Waals surface area contributed by atoms with Gasteiger partial charge in [0.05, 0.1) is 22.0 Å². The molecule has 2 rings (SSSR count). The van der Waals surface area contributed by atoms with E-state index in [0.29, 0.717) is 6.07 Å². The number of hydrogen-bond donors (Lipinski definition) is 3. The molecule has 0 aliphatic heterocycles. The number of carboxylic acid groups (broad SMARTS) is 1. The van der Waals surface area contributed by atoms with Crippen molar-refractivity contribution in [3.8, 4) is 0 Å². The molecule has 0 fully saturated rings. The Kier molecular flexibility index (Phi) is 3.84. The number of rotatable bonds is 3. The molecule has 0 amide bonds. The van der Waals surface area contributed by atoms with Crippen LogP contribution in [0.1, 0.15) is 10.4 Å². The highest BCUT2D eigenvalue weighted by molar-refractivity contribution is 9.10. The van der Waals surface area contributed by atoms with Gasteiger partial charge in [-0.1, -0.05) is 0 Å². The van der Waals surface area contributed by atoms with Crippen LogP contribution in [0.4, 0.5) is 26.0 Å². The van der Waals surface area contributed by atoms with Crippen molar-refractivity contribution >= 4 is 39.1 Å². The maximum Gasteiger partial charge on any atom is 0.339 e. The number of benzene rings is 1. The van der Waals surface area contributed by atoms with Crippen molar-refractivity contribution in [2.45, 2.75) is 0 Å². The molecule has 4 N–H and O–H groups in total. The lowest BCUT2D eigenvalue weighted by Gasteiger charge is -2.10. The summed E-state index contributed by atoms with van der Waals surface area (Å²) in [5, 5.41) is 11.5. The Morgan fingerprint density at radius 3 is 2.65 bits per heavy atom. The average molecular weight is 344 g/mol. The summed E-state index contributed by atoms with van der Waals surface area (Å²) in [4.78, 5) is 14.9. The fourth-order valence-electron chi connectivity index (χ4n) is 1.49. The van der Waals surface area contributed by atoms with E-state index in [1.807, 2.05) is 0 Å². The Hall–Kier alpha value is -2.22. The average Bonchev–Trinajstić information content (AvgIpc) is 2.37. The van der Waals surface area contributed by atoms with E-state index in [4.69, 9.17) is 10.8 Å². The van der Waals surface area contributed by atoms with Gasteiger partial charge in [0, 0.05) is 6.07 Å². The van der Waals surface area contributed by atoms with Crippen LogP contribution in [-0.2, 0) is 0 Å². The minimum absolute atomic E-state index is 0.0359. The molecule has 0 aliphatic carbocycles. The Balaban J connectivity index is 2.45. The van der Waals surface area contributed by atoms with Gasteiger partial charge in [0.15, 0.2) is 0 Å². The maximum atomic E-state index is 13.6. The van der Waals surface area contributed by atoms with Crippen molar-refractivity contribution in [1.29, 1.82) is 0 Å². The van der Waals surface area contributed by atoms with Gasteiger partial charge in [0.2, 0.25) is 0 Å². The summed E-state index contributed by atoms with van der Waals surface area (Å²) >= 11 is 2.91. The van der Waals surface area contributed by atoms with Crippen LogP contribution in [0.3, 0.4) is 0 Å². The molecule has 2 aromatic rings. The topological polar surface area (TPSA) is 88.2 Å². The van der Waals surface area contributed by atoms with Crippen molar-refractivity contribution < 1.29 is 18.7 Å². The zero-order chi connectivity index (χ0) is 14.9. The van der Waals surface area contributed by atoms with E-state index in [-0.39, 0.29) is 27.2 Å². The van der Waals surface area contributed by atoms with Crippen LogP contribution < -0.4 is 11.1 Å². The lowest BCUT2D eigenvalue weighted by Crippen LogP contribution is -2.07. The number of aromatic nitrogens is 1. The van der Waals surface area contributed by atoms with Gasteiger partial charge in [0.1, 0.15) is 23.0 Å². The number of nitrogens with two attached hydrogens (primary N) is 1. The van der Waals surface area contributed by atoms with Gasteiger partial charge >= 0.3 is 5.97 Å². The monoisotopic (exact) mass is 343 g/mol. The van der Waals surface area contributed by atoms with Gasteiger partial charge in [0.25, 0.3) is 0 Å². The Morgan fingerprint density at radius 2 is 2.00 bits per heavy atom. The summed E-state index contributed by atoms with van der Waals surface area (Å²) < 4.78 is 26.8. The molecule has 1 heterocycles. The molecule has 8 heteroatoms. The molecular weight excluding hydrogens is 336 g/mol. The molecule has 20 heavy (non-hydrogen) atoms. The first-order valence-corrected chi connectivity index (χ1v) is 6.08. The molecule has 104 valence electrons. The minimum Gasteiger partial charge on any atom is -0.478 e. The molecule has 0 saturated carbocycles. The van der Waals surface area contributed by atoms with Crippen LogP contribution in [0.5, 0.6) is 0 Å². The number of nitrogen functional groups attached to an aromatic ring is 1. The second-order valence-electron chi connectivity index (χ2n) is 3.84. The van der Waals surface area contributed by atoms with E-state index in [2.05, 4.69) is 26.2 Å². The van der Waals surface area contributed by atoms with Gasteiger partial charge in [-0.15, -0.1) is 0 Å². The number of carbonyl (C=O) groups is 1. The van der Waals surface area contributed by atoms with Crippen molar-refractivity contribution in [1.82, 2.24) is 4.98 Å². The summed E-state index contributed by atoms with van der Waals surface area (Å²) in [6.07, 6.45) is 1.23.